The molecule has 0 atom stereocenters. The zero-order valence-corrected chi connectivity index (χ0v) is 19.4. The number of rotatable bonds is 9. The van der Waals surface area contributed by atoms with Gasteiger partial charge in [-0.3, -0.25) is 0 Å². The van der Waals surface area contributed by atoms with E-state index in [0.717, 1.165) is 55.5 Å². The third-order valence-corrected chi connectivity index (χ3v) is 7.05. The maximum atomic E-state index is 14.7. The van der Waals surface area contributed by atoms with Crippen LogP contribution in [-0.2, 0) is 6.42 Å². The lowest BCUT2D eigenvalue weighted by Crippen LogP contribution is -2.43. The van der Waals surface area contributed by atoms with E-state index in [1.807, 2.05) is 45.0 Å². The van der Waals surface area contributed by atoms with Crippen LogP contribution in [-0.4, -0.2) is 30.2 Å². The first-order valence-corrected chi connectivity index (χ1v) is 11.8. The van der Waals surface area contributed by atoms with Gasteiger partial charge in [-0.1, -0.05) is 62.4 Å². The maximum absolute atomic E-state index is 14.7. The van der Waals surface area contributed by atoms with Gasteiger partial charge in [-0.2, -0.15) is 0 Å². The summed E-state index contributed by atoms with van der Waals surface area (Å²) in [6, 6.07) is 13.6. The van der Waals surface area contributed by atoms with Gasteiger partial charge in [-0.05, 0) is 87.2 Å². The lowest BCUT2D eigenvalue weighted by molar-refractivity contribution is 0.0628. The molecule has 1 aliphatic rings. The molecule has 2 aromatic carbocycles. The molecule has 1 fully saturated rings. The molecule has 1 saturated heterocycles. The van der Waals surface area contributed by atoms with Gasteiger partial charge in [0.1, 0.15) is 11.5 Å². The van der Waals surface area contributed by atoms with Gasteiger partial charge < -0.3 is 4.90 Å². The zero-order chi connectivity index (χ0) is 22.4. The Labute approximate surface area is 187 Å². The van der Waals surface area contributed by atoms with Gasteiger partial charge in [0.15, 0.2) is 0 Å². The van der Waals surface area contributed by atoms with Crippen molar-refractivity contribution < 1.29 is 8.78 Å². The van der Waals surface area contributed by atoms with Gasteiger partial charge in [-0.15, -0.1) is 0 Å². The Morgan fingerprint density at radius 3 is 2.26 bits per heavy atom. The van der Waals surface area contributed by atoms with Crippen molar-refractivity contribution >= 4 is 5.57 Å². The highest BCUT2D eigenvalue weighted by Gasteiger charge is 2.30. The number of likely N-dealkylation sites (tertiary alicyclic amines) is 1. The van der Waals surface area contributed by atoms with Gasteiger partial charge in [0.25, 0.3) is 0 Å². The SMILES string of the molecule is C=C(C)c1ccc(-c2ccc(CCC3CCN(CC(F)(CC)CC)CC3)cc2)c(F)c1. The van der Waals surface area contributed by atoms with Crippen LogP contribution in [0, 0.1) is 11.7 Å². The Kier molecular flexibility index (Phi) is 8.05. The minimum Gasteiger partial charge on any atom is -0.300 e. The van der Waals surface area contributed by atoms with E-state index in [0.29, 0.717) is 30.9 Å². The summed E-state index contributed by atoms with van der Waals surface area (Å²) >= 11 is 0. The Hall–Kier alpha value is -2.00. The average molecular weight is 426 g/mol. The second-order valence-electron chi connectivity index (χ2n) is 9.29. The first-order valence-electron chi connectivity index (χ1n) is 11.8. The van der Waals surface area contributed by atoms with Gasteiger partial charge in [0.2, 0.25) is 0 Å². The van der Waals surface area contributed by atoms with Crippen molar-refractivity contribution in [2.45, 2.75) is 65.0 Å². The predicted molar refractivity (Wildman–Crippen MR) is 128 cm³/mol. The molecule has 1 nitrogen and oxygen atoms in total. The fourth-order valence-electron chi connectivity index (χ4n) is 4.54. The van der Waals surface area contributed by atoms with Crippen molar-refractivity contribution in [3.05, 3.63) is 66.0 Å². The summed E-state index contributed by atoms with van der Waals surface area (Å²) in [4.78, 5) is 2.31. The Morgan fingerprint density at radius 2 is 1.71 bits per heavy atom. The lowest BCUT2D eigenvalue weighted by atomic mass is 9.89. The molecule has 3 rings (SSSR count). The molecule has 0 spiro atoms. The second-order valence-corrected chi connectivity index (χ2v) is 9.29. The number of allylic oxidation sites excluding steroid dienone is 1. The minimum absolute atomic E-state index is 0.205. The predicted octanol–water partition coefficient (Wildman–Crippen LogP) is 7.70. The average Bonchev–Trinajstić information content (AvgIpc) is 2.79. The van der Waals surface area contributed by atoms with Crippen LogP contribution in [0.3, 0.4) is 0 Å². The summed E-state index contributed by atoms with van der Waals surface area (Å²) in [5.41, 5.74) is 3.51. The summed E-state index contributed by atoms with van der Waals surface area (Å²) in [5, 5.41) is 0. The van der Waals surface area contributed by atoms with Crippen molar-refractivity contribution in [1.82, 2.24) is 4.90 Å². The first kappa shape index (κ1) is 23.7. The standard InChI is InChI=1S/C28H37F2N/c1-5-28(30,6-2)20-31-17-15-23(16-18-31)8-7-22-9-11-24(12-10-22)26-14-13-25(21(3)4)19-27(26)29/h9-14,19,23H,3,5-8,15-18,20H2,1-2,4H3. The van der Waals surface area contributed by atoms with Gasteiger partial charge in [-0.25, -0.2) is 8.78 Å². The molecule has 0 bridgehead atoms. The number of hydrogen-bond acceptors (Lipinski definition) is 1. The molecule has 168 valence electrons. The molecular formula is C28H37F2N. The van der Waals surface area contributed by atoms with Crippen molar-refractivity contribution in [1.29, 1.82) is 0 Å². The van der Waals surface area contributed by atoms with Crippen LogP contribution in [0.4, 0.5) is 8.78 Å². The number of hydrogen-bond donors (Lipinski definition) is 0. The molecule has 31 heavy (non-hydrogen) atoms. The van der Waals surface area contributed by atoms with Crippen molar-refractivity contribution in [2.75, 3.05) is 19.6 Å². The van der Waals surface area contributed by atoms with Crippen LogP contribution in [0.1, 0.15) is 64.0 Å². The van der Waals surface area contributed by atoms with E-state index in [-0.39, 0.29) is 5.82 Å². The van der Waals surface area contributed by atoms with Gasteiger partial charge >= 0.3 is 0 Å². The summed E-state index contributed by atoms with van der Waals surface area (Å²) in [7, 11) is 0. The molecule has 1 aliphatic heterocycles. The molecule has 0 aromatic heterocycles. The molecular weight excluding hydrogens is 388 g/mol. The summed E-state index contributed by atoms with van der Waals surface area (Å²) in [6.45, 7) is 12.3. The first-order chi connectivity index (χ1) is 14.8. The molecule has 2 aromatic rings. The molecule has 0 N–H and O–H groups in total. The van der Waals surface area contributed by atoms with E-state index in [1.165, 1.54) is 5.56 Å². The van der Waals surface area contributed by atoms with E-state index in [1.54, 1.807) is 6.07 Å². The quantitative estimate of drug-likeness (QED) is 0.398. The van der Waals surface area contributed by atoms with E-state index in [9.17, 15) is 8.78 Å². The molecule has 3 heteroatoms. The van der Waals surface area contributed by atoms with E-state index in [4.69, 9.17) is 0 Å². The van der Waals surface area contributed by atoms with Crippen molar-refractivity contribution in [2.24, 2.45) is 5.92 Å². The maximum Gasteiger partial charge on any atom is 0.131 e. The third kappa shape index (κ3) is 6.26. The highest BCUT2D eigenvalue weighted by molar-refractivity contribution is 5.69. The Balaban J connectivity index is 1.50. The fourth-order valence-corrected chi connectivity index (χ4v) is 4.54. The molecule has 0 saturated carbocycles. The highest BCUT2D eigenvalue weighted by atomic mass is 19.1. The monoisotopic (exact) mass is 425 g/mol. The second kappa shape index (κ2) is 10.5. The Morgan fingerprint density at radius 1 is 1.06 bits per heavy atom. The van der Waals surface area contributed by atoms with Crippen LogP contribution in [0.15, 0.2) is 49.0 Å². The number of halogens is 2. The molecule has 0 aliphatic carbocycles. The topological polar surface area (TPSA) is 3.24 Å². The van der Waals surface area contributed by atoms with Crippen LogP contribution in [0.25, 0.3) is 16.7 Å². The molecule has 0 amide bonds. The van der Waals surface area contributed by atoms with Crippen molar-refractivity contribution in [3.8, 4) is 11.1 Å². The van der Waals surface area contributed by atoms with E-state index >= 15 is 0 Å². The normalized spacial score (nSPS) is 15.9. The summed E-state index contributed by atoms with van der Waals surface area (Å²) < 4.78 is 29.2. The van der Waals surface area contributed by atoms with Crippen LogP contribution in [0.2, 0.25) is 0 Å². The number of nitrogens with zero attached hydrogens (tertiary/aromatic N) is 1. The highest BCUT2D eigenvalue weighted by Crippen LogP contribution is 2.29. The van der Waals surface area contributed by atoms with E-state index < -0.39 is 5.67 Å². The summed E-state index contributed by atoms with van der Waals surface area (Å²) in [6.07, 6.45) is 5.71. The summed E-state index contributed by atoms with van der Waals surface area (Å²) in [5.74, 6) is 0.503. The number of benzene rings is 2. The number of alkyl halides is 1. The largest absolute Gasteiger partial charge is 0.300 e. The van der Waals surface area contributed by atoms with Crippen LogP contribution in [0.5, 0.6) is 0 Å². The zero-order valence-electron chi connectivity index (χ0n) is 19.4. The van der Waals surface area contributed by atoms with Crippen LogP contribution < -0.4 is 0 Å². The van der Waals surface area contributed by atoms with E-state index in [2.05, 4.69) is 23.6 Å². The third-order valence-electron chi connectivity index (χ3n) is 7.05. The smallest absolute Gasteiger partial charge is 0.131 e. The lowest BCUT2D eigenvalue weighted by Gasteiger charge is -2.36. The Bertz CT molecular complexity index is 859. The minimum atomic E-state index is -1.03. The van der Waals surface area contributed by atoms with Gasteiger partial charge in [0, 0.05) is 12.1 Å². The number of piperidine rings is 1. The molecule has 0 radical (unpaired) electrons. The molecule has 0 unspecified atom stereocenters. The molecule has 1 heterocycles. The number of aryl methyl sites for hydroxylation is 1. The fraction of sp³-hybridized carbons (Fsp3) is 0.500. The van der Waals surface area contributed by atoms with Crippen LogP contribution >= 0.6 is 0 Å². The van der Waals surface area contributed by atoms with Crippen molar-refractivity contribution in [3.63, 3.8) is 0 Å². The van der Waals surface area contributed by atoms with Gasteiger partial charge in [0.05, 0.1) is 0 Å².